The molecule has 0 atom stereocenters. The molecule has 0 aliphatic carbocycles. The van der Waals surface area contributed by atoms with Crippen molar-refractivity contribution in [2.45, 2.75) is 78.6 Å². The maximum Gasteiger partial charge on any atom is 0.333 e. The molecule has 0 radical (unpaired) electrons. The number of benzene rings is 7. The van der Waals surface area contributed by atoms with Gasteiger partial charge in [0.15, 0.2) is 5.58 Å². The second-order valence-electron chi connectivity index (χ2n) is 19.8. The first-order valence-electron chi connectivity index (χ1n) is 21.0. The summed E-state index contributed by atoms with van der Waals surface area (Å²) in [6.07, 6.45) is 0. The van der Waals surface area contributed by atoms with E-state index in [-0.39, 0.29) is 23.1 Å². The van der Waals surface area contributed by atoms with Crippen molar-refractivity contribution in [3.05, 3.63) is 150 Å². The third-order valence-electron chi connectivity index (χ3n) is 12.9. The highest BCUT2D eigenvalue weighted by atomic mass is 32.1. The predicted molar refractivity (Wildman–Crippen MR) is 256 cm³/mol. The van der Waals surface area contributed by atoms with Crippen molar-refractivity contribution in [3.63, 3.8) is 0 Å². The lowest BCUT2D eigenvalue weighted by Gasteiger charge is -2.46. The van der Waals surface area contributed by atoms with Gasteiger partial charge in [-0.25, -0.2) is 0 Å². The Hall–Kier alpha value is -5.78. The van der Waals surface area contributed by atoms with E-state index in [0.29, 0.717) is 0 Å². The topological polar surface area (TPSA) is 19.6 Å². The number of furan rings is 1. The van der Waals surface area contributed by atoms with Gasteiger partial charge in [0.1, 0.15) is 5.58 Å². The monoisotopic (exact) mass is 784 g/mol. The van der Waals surface area contributed by atoms with Crippen LogP contribution in [0.5, 0.6) is 0 Å². The quantitative estimate of drug-likeness (QED) is 0.163. The number of anilines is 5. The third-order valence-corrected chi connectivity index (χ3v) is 14.1. The highest BCUT2D eigenvalue weighted by molar-refractivity contribution is 7.26. The fraction of sp³-hybridized carbons (Fsp3) is 0.222. The normalized spacial score (nSPS) is 14.1. The SMILES string of the molecule is CC(C)(C)c1ccc(N2B3c4cc(C(C)(C)C)ccc4N(c4ccc(C(C)(C)C)cc4)c4c3c(cc3c4oc4ccccc43)-c3c2ccc2sc4ccccc4c32)cc1. The van der Waals surface area contributed by atoms with E-state index in [1.165, 1.54) is 76.0 Å². The molecule has 0 bridgehead atoms. The van der Waals surface area contributed by atoms with E-state index in [0.717, 1.165) is 33.3 Å². The Morgan fingerprint density at radius 2 is 1.12 bits per heavy atom. The zero-order valence-electron chi connectivity index (χ0n) is 35.5. The molecule has 2 aliphatic heterocycles. The molecule has 4 heterocycles. The summed E-state index contributed by atoms with van der Waals surface area (Å²) in [5.74, 6) is 0. The standard InChI is InChI=1S/C54H49BN2OS/c1-52(2,3)32-18-23-35(24-19-32)56-42-27-22-34(54(7,8)9)30-41(42)55-49-40(31-39-37-14-10-12-16-44(37)58-51(39)50(49)56)47-43(57(55)36-25-20-33(21-26-36)53(4,5)6)28-29-46-48(47)38-15-11-13-17-45(38)59-46/h10-31H,1-9H3. The number of hydrogen-bond acceptors (Lipinski definition) is 4. The minimum Gasteiger partial charge on any atom is -0.454 e. The lowest BCUT2D eigenvalue weighted by Crippen LogP contribution is -2.61. The number of para-hydroxylation sites is 1. The Bertz CT molecular complexity index is 3170. The molecule has 2 aliphatic rings. The van der Waals surface area contributed by atoms with Crippen molar-refractivity contribution in [1.29, 1.82) is 0 Å². The largest absolute Gasteiger partial charge is 0.454 e. The zero-order chi connectivity index (χ0) is 40.7. The molecule has 11 rings (SSSR count). The summed E-state index contributed by atoms with van der Waals surface area (Å²) in [6.45, 7) is 20.6. The van der Waals surface area contributed by atoms with Crippen molar-refractivity contribution in [2.24, 2.45) is 0 Å². The van der Waals surface area contributed by atoms with E-state index in [2.05, 4.69) is 205 Å². The minimum atomic E-state index is -0.129. The van der Waals surface area contributed by atoms with E-state index in [9.17, 15) is 0 Å². The maximum atomic E-state index is 7.11. The molecule has 0 amide bonds. The van der Waals surface area contributed by atoms with Gasteiger partial charge >= 0.3 is 6.85 Å². The van der Waals surface area contributed by atoms with E-state index < -0.39 is 0 Å². The summed E-state index contributed by atoms with van der Waals surface area (Å²) < 4.78 is 9.72. The van der Waals surface area contributed by atoms with Gasteiger partial charge in [0.25, 0.3) is 0 Å². The second-order valence-corrected chi connectivity index (χ2v) is 20.9. The number of thiophene rings is 1. The molecule has 0 saturated carbocycles. The van der Waals surface area contributed by atoms with Crippen molar-refractivity contribution < 1.29 is 4.42 Å². The van der Waals surface area contributed by atoms with Crippen LogP contribution < -0.4 is 20.6 Å². The summed E-state index contributed by atoms with van der Waals surface area (Å²) in [5.41, 5.74) is 16.8. The van der Waals surface area contributed by atoms with Crippen LogP contribution in [0.1, 0.15) is 79.0 Å². The number of nitrogens with zero attached hydrogens (tertiary/aromatic N) is 2. The van der Waals surface area contributed by atoms with Crippen LogP contribution in [-0.4, -0.2) is 6.85 Å². The Balaban J connectivity index is 1.33. The van der Waals surface area contributed by atoms with Gasteiger partial charge < -0.3 is 14.1 Å². The van der Waals surface area contributed by atoms with Gasteiger partial charge in [-0.15, -0.1) is 11.3 Å². The molecule has 0 fully saturated rings. The lowest BCUT2D eigenvalue weighted by atomic mass is 9.43. The van der Waals surface area contributed by atoms with Gasteiger partial charge in [-0.05, 0) is 110 Å². The fourth-order valence-electron chi connectivity index (χ4n) is 9.76. The number of rotatable bonds is 2. The molecule has 9 aromatic rings. The number of fused-ring (bicyclic) bond motifs is 12. The molecule has 0 N–H and O–H groups in total. The van der Waals surface area contributed by atoms with Crippen LogP contribution in [0.25, 0.3) is 53.2 Å². The van der Waals surface area contributed by atoms with Crippen molar-refractivity contribution >= 4 is 99.7 Å². The van der Waals surface area contributed by atoms with Crippen molar-refractivity contribution in [2.75, 3.05) is 9.71 Å². The van der Waals surface area contributed by atoms with Crippen LogP contribution in [0.3, 0.4) is 0 Å². The Morgan fingerprint density at radius 1 is 0.525 bits per heavy atom. The molecule has 3 nitrogen and oxygen atoms in total. The van der Waals surface area contributed by atoms with Crippen molar-refractivity contribution in [1.82, 2.24) is 0 Å². The summed E-state index contributed by atoms with van der Waals surface area (Å²) in [6, 6.07) is 50.6. The van der Waals surface area contributed by atoms with Gasteiger partial charge in [0, 0.05) is 59.3 Å². The van der Waals surface area contributed by atoms with E-state index in [4.69, 9.17) is 4.42 Å². The molecule has 7 aromatic carbocycles. The van der Waals surface area contributed by atoms with Crippen molar-refractivity contribution in [3.8, 4) is 11.1 Å². The first-order valence-corrected chi connectivity index (χ1v) is 21.9. The Labute approximate surface area is 352 Å². The van der Waals surface area contributed by atoms with Crippen LogP contribution in [0, 0.1) is 0 Å². The molecule has 0 unspecified atom stereocenters. The molecule has 290 valence electrons. The van der Waals surface area contributed by atoms with Gasteiger partial charge in [-0.1, -0.05) is 135 Å². The average Bonchev–Trinajstić information content (AvgIpc) is 3.78. The zero-order valence-corrected chi connectivity index (χ0v) is 36.3. The second kappa shape index (κ2) is 12.4. The molecular formula is C54H49BN2OS. The maximum absolute atomic E-state index is 7.11. The first kappa shape index (κ1) is 36.3. The van der Waals surface area contributed by atoms with E-state index in [1.807, 2.05) is 11.3 Å². The van der Waals surface area contributed by atoms with Crippen LogP contribution in [0.4, 0.5) is 28.4 Å². The highest BCUT2D eigenvalue weighted by Gasteiger charge is 2.47. The fourth-order valence-corrected chi connectivity index (χ4v) is 10.9. The first-order chi connectivity index (χ1) is 28.2. The smallest absolute Gasteiger partial charge is 0.333 e. The molecule has 2 aromatic heterocycles. The van der Waals surface area contributed by atoms with E-state index in [1.54, 1.807) is 0 Å². The molecule has 0 spiro atoms. The predicted octanol–water partition coefficient (Wildman–Crippen LogP) is 14.6. The molecule has 59 heavy (non-hydrogen) atoms. The van der Waals surface area contributed by atoms with Crippen LogP contribution in [0.2, 0.25) is 0 Å². The van der Waals surface area contributed by atoms with Gasteiger partial charge in [0.05, 0.1) is 5.69 Å². The summed E-state index contributed by atoms with van der Waals surface area (Å²) in [4.78, 5) is 5.17. The lowest BCUT2D eigenvalue weighted by molar-refractivity contribution is 0.590. The van der Waals surface area contributed by atoms with Crippen LogP contribution in [0.15, 0.2) is 138 Å². The number of hydrogen-bond donors (Lipinski definition) is 0. The van der Waals surface area contributed by atoms with E-state index >= 15 is 0 Å². The Morgan fingerprint density at radius 3 is 1.80 bits per heavy atom. The third kappa shape index (κ3) is 5.40. The Kier molecular flexibility index (Phi) is 7.62. The molecule has 5 heteroatoms. The summed E-state index contributed by atoms with van der Waals surface area (Å²) in [5, 5.41) is 4.91. The van der Waals surface area contributed by atoms with Gasteiger partial charge in [-0.3, -0.25) is 0 Å². The molecular weight excluding hydrogens is 735 g/mol. The molecule has 0 saturated heterocycles. The average molecular weight is 785 g/mol. The summed E-state index contributed by atoms with van der Waals surface area (Å²) in [7, 11) is 0. The van der Waals surface area contributed by atoms with Gasteiger partial charge in [-0.2, -0.15) is 0 Å². The highest BCUT2D eigenvalue weighted by Crippen LogP contribution is 2.54. The summed E-state index contributed by atoms with van der Waals surface area (Å²) >= 11 is 1.89. The van der Waals surface area contributed by atoms with Crippen LogP contribution in [-0.2, 0) is 16.2 Å². The van der Waals surface area contributed by atoms with Gasteiger partial charge in [0.2, 0.25) is 0 Å². The van der Waals surface area contributed by atoms with Crippen LogP contribution >= 0.6 is 11.3 Å². The minimum absolute atomic E-state index is 0.0321.